The van der Waals surface area contributed by atoms with Crippen molar-refractivity contribution in [3.05, 3.63) is 0 Å². The van der Waals surface area contributed by atoms with E-state index in [1.165, 1.54) is 19.3 Å². The summed E-state index contributed by atoms with van der Waals surface area (Å²) in [5.74, 6) is 6.76. The number of hydrogen-bond donors (Lipinski definition) is 1. The van der Waals surface area contributed by atoms with Gasteiger partial charge in [0.15, 0.2) is 0 Å². The van der Waals surface area contributed by atoms with Crippen molar-refractivity contribution < 1.29 is 9.90 Å². The lowest BCUT2D eigenvalue weighted by molar-refractivity contribution is -0.130. The molecule has 22 heavy (non-hydrogen) atoms. The molecule has 1 N–H and O–H groups in total. The minimum Gasteiger partial charge on any atom is -0.377 e. The number of hydrogen-bond acceptors (Lipinski definition) is 2. The Balaban J connectivity index is 1.61. The normalized spacial score (nSPS) is 54.0. The summed E-state index contributed by atoms with van der Waals surface area (Å²) in [5.41, 5.74) is -0.970. The average Bonchev–Trinajstić information content (AvgIpc) is 2.79. The van der Waals surface area contributed by atoms with E-state index in [1.54, 1.807) is 0 Å². The minimum absolute atomic E-state index is 0.0831. The highest BCUT2D eigenvalue weighted by Crippen LogP contribution is 2.65. The molecule has 4 saturated carbocycles. The van der Waals surface area contributed by atoms with E-state index in [-0.39, 0.29) is 5.41 Å². The molecule has 0 unspecified atom stereocenters. The Hall–Kier alpha value is -0.810. The van der Waals surface area contributed by atoms with Gasteiger partial charge in [-0.2, -0.15) is 0 Å². The van der Waals surface area contributed by atoms with Crippen LogP contribution in [-0.4, -0.2) is 16.5 Å². The number of rotatable bonds is 0. The molecule has 0 saturated heterocycles. The first-order chi connectivity index (χ1) is 10.5. The Kier molecular flexibility index (Phi) is 3.25. The Bertz CT molecular complexity index is 532. The lowest BCUT2D eigenvalue weighted by Crippen LogP contribution is -2.53. The Morgan fingerprint density at radius 3 is 2.68 bits per heavy atom. The molecule has 0 bridgehead atoms. The van der Waals surface area contributed by atoms with Gasteiger partial charge in [0.1, 0.15) is 11.4 Å². The molecule has 7 atom stereocenters. The van der Waals surface area contributed by atoms with Gasteiger partial charge in [-0.3, -0.25) is 4.79 Å². The van der Waals surface area contributed by atoms with Crippen molar-refractivity contribution in [2.45, 2.75) is 70.3 Å². The van der Waals surface area contributed by atoms with Gasteiger partial charge in [-0.25, -0.2) is 0 Å². The molecule has 4 fully saturated rings. The number of Topliss-reactive ketones (excluding diaryl/α,β-unsaturated/α-hetero) is 1. The molecule has 4 rings (SSSR count). The molecule has 120 valence electrons. The maximum atomic E-state index is 11.8. The van der Waals surface area contributed by atoms with Crippen molar-refractivity contribution in [2.75, 3.05) is 0 Å². The molecular weight excluding hydrogens is 272 g/mol. The molecule has 2 heteroatoms. The molecule has 4 aliphatic rings. The lowest BCUT2D eigenvalue weighted by atomic mass is 9.49. The molecule has 0 spiro atoms. The van der Waals surface area contributed by atoms with Gasteiger partial charge < -0.3 is 5.11 Å². The largest absolute Gasteiger partial charge is 0.377 e. The van der Waals surface area contributed by atoms with Gasteiger partial charge in [0.25, 0.3) is 0 Å². The summed E-state index contributed by atoms with van der Waals surface area (Å²) in [6.07, 6.45) is 15.1. The van der Waals surface area contributed by atoms with E-state index in [2.05, 4.69) is 12.8 Å². The molecule has 0 amide bonds. The predicted molar refractivity (Wildman–Crippen MR) is 85.9 cm³/mol. The average molecular weight is 300 g/mol. The van der Waals surface area contributed by atoms with E-state index >= 15 is 0 Å². The van der Waals surface area contributed by atoms with E-state index in [0.717, 1.165) is 56.3 Å². The van der Waals surface area contributed by atoms with E-state index < -0.39 is 5.60 Å². The van der Waals surface area contributed by atoms with E-state index in [4.69, 9.17) is 6.42 Å². The maximum absolute atomic E-state index is 11.8. The van der Waals surface area contributed by atoms with Crippen LogP contribution >= 0.6 is 0 Å². The second-order valence-electron chi connectivity index (χ2n) is 8.72. The molecule has 0 aromatic rings. The van der Waals surface area contributed by atoms with Crippen molar-refractivity contribution >= 4 is 5.78 Å². The fraction of sp³-hybridized carbons (Fsp3) is 0.850. The zero-order valence-corrected chi connectivity index (χ0v) is 13.7. The molecule has 4 aliphatic carbocycles. The Morgan fingerprint density at radius 2 is 1.91 bits per heavy atom. The van der Waals surface area contributed by atoms with Crippen molar-refractivity contribution in [1.82, 2.24) is 0 Å². The third-order valence-corrected chi connectivity index (χ3v) is 8.16. The fourth-order valence-electron chi connectivity index (χ4n) is 6.91. The number of ketones is 1. The van der Waals surface area contributed by atoms with Crippen LogP contribution in [0.2, 0.25) is 0 Å². The number of carbonyl (C=O) groups is 1. The maximum Gasteiger partial charge on any atom is 0.133 e. The van der Waals surface area contributed by atoms with Gasteiger partial charge in [0.2, 0.25) is 0 Å². The van der Waals surface area contributed by atoms with Crippen LogP contribution in [0.1, 0.15) is 64.7 Å². The third-order valence-electron chi connectivity index (χ3n) is 8.16. The van der Waals surface area contributed by atoms with Crippen LogP contribution in [0, 0.1) is 47.3 Å². The Labute approximate surface area is 134 Å². The van der Waals surface area contributed by atoms with E-state index in [0.29, 0.717) is 17.6 Å². The number of aliphatic hydroxyl groups is 1. The zero-order chi connectivity index (χ0) is 15.5. The highest BCUT2D eigenvalue weighted by Gasteiger charge is 2.62. The first-order valence-electron chi connectivity index (χ1n) is 9.20. The van der Waals surface area contributed by atoms with E-state index in [9.17, 15) is 9.90 Å². The summed E-state index contributed by atoms with van der Waals surface area (Å²) >= 11 is 0. The third kappa shape index (κ3) is 1.81. The van der Waals surface area contributed by atoms with Crippen LogP contribution in [0.15, 0.2) is 0 Å². The van der Waals surface area contributed by atoms with Gasteiger partial charge in [0, 0.05) is 18.3 Å². The highest BCUT2D eigenvalue weighted by molar-refractivity contribution is 5.79. The summed E-state index contributed by atoms with van der Waals surface area (Å²) in [7, 11) is 0. The van der Waals surface area contributed by atoms with Gasteiger partial charge in [-0.15, -0.1) is 6.42 Å². The molecule has 0 heterocycles. The standard InChI is InChI=1S/C20H28O2/c1-3-20(22)11-9-18-17-6-4-13-12-14(21)5-7-15(13)16(17)8-10-19(18,20)2/h1,13,15-18,22H,4-12H2,2H3/t13-,15-,16+,17+,18-,19-,20-/m0/s1. The fourth-order valence-corrected chi connectivity index (χ4v) is 6.91. The summed E-state index contributed by atoms with van der Waals surface area (Å²) < 4.78 is 0. The van der Waals surface area contributed by atoms with Crippen molar-refractivity contribution in [3.63, 3.8) is 0 Å². The van der Waals surface area contributed by atoms with Crippen molar-refractivity contribution in [2.24, 2.45) is 35.0 Å². The summed E-state index contributed by atoms with van der Waals surface area (Å²) in [6.45, 7) is 2.25. The number of fused-ring (bicyclic) bond motifs is 5. The van der Waals surface area contributed by atoms with Crippen molar-refractivity contribution in [3.8, 4) is 12.3 Å². The molecule has 0 aromatic carbocycles. The van der Waals surface area contributed by atoms with Crippen LogP contribution in [0.3, 0.4) is 0 Å². The Morgan fingerprint density at radius 1 is 1.09 bits per heavy atom. The van der Waals surface area contributed by atoms with Crippen LogP contribution in [0.25, 0.3) is 0 Å². The van der Waals surface area contributed by atoms with Crippen molar-refractivity contribution in [1.29, 1.82) is 0 Å². The topological polar surface area (TPSA) is 37.3 Å². The highest BCUT2D eigenvalue weighted by atomic mass is 16.3. The summed E-state index contributed by atoms with van der Waals surface area (Å²) in [5, 5.41) is 10.9. The number of carbonyl (C=O) groups excluding carboxylic acids is 1. The van der Waals surface area contributed by atoms with Crippen LogP contribution in [0.5, 0.6) is 0 Å². The first kappa shape index (κ1) is 14.8. The predicted octanol–water partition coefficient (Wildman–Crippen LogP) is 3.57. The summed E-state index contributed by atoms with van der Waals surface area (Å²) in [4.78, 5) is 11.8. The minimum atomic E-state index is -0.887. The molecule has 2 nitrogen and oxygen atoms in total. The molecule has 0 aromatic heterocycles. The first-order valence-corrected chi connectivity index (χ1v) is 9.20. The molecule has 0 radical (unpaired) electrons. The lowest BCUT2D eigenvalue weighted by Gasteiger charge is -2.56. The van der Waals surface area contributed by atoms with Crippen LogP contribution in [-0.2, 0) is 4.79 Å². The van der Waals surface area contributed by atoms with Crippen LogP contribution in [0.4, 0.5) is 0 Å². The SMILES string of the molecule is C#C[C@]1(O)CC[C@H]2[C@@H]3CC[C@H]4CC(=O)CC[C@@H]4[C@H]3CC[C@@]21C. The summed E-state index contributed by atoms with van der Waals surface area (Å²) in [6, 6.07) is 0. The smallest absolute Gasteiger partial charge is 0.133 e. The zero-order valence-electron chi connectivity index (χ0n) is 13.7. The van der Waals surface area contributed by atoms with Gasteiger partial charge >= 0.3 is 0 Å². The monoisotopic (exact) mass is 300 g/mol. The van der Waals surface area contributed by atoms with Crippen LogP contribution < -0.4 is 0 Å². The van der Waals surface area contributed by atoms with Gasteiger partial charge in [0.05, 0.1) is 0 Å². The number of terminal acetylenes is 1. The molecular formula is C20H28O2. The second-order valence-corrected chi connectivity index (χ2v) is 8.72. The second kappa shape index (κ2) is 4.84. The van der Waals surface area contributed by atoms with Gasteiger partial charge in [-0.1, -0.05) is 12.8 Å². The van der Waals surface area contributed by atoms with E-state index in [1.807, 2.05) is 0 Å². The van der Waals surface area contributed by atoms with Gasteiger partial charge in [-0.05, 0) is 74.5 Å². The quantitative estimate of drug-likeness (QED) is 0.694. The molecule has 0 aliphatic heterocycles.